The number of benzene rings is 4. The molecule has 1 saturated carbocycles. The molecule has 0 unspecified atom stereocenters. The van der Waals surface area contributed by atoms with Crippen LogP contribution in [-0.4, -0.2) is 60.5 Å². The fourth-order valence-corrected chi connectivity index (χ4v) is 6.35. The normalized spacial score (nSPS) is 12.1. The molecular weight excluding hydrogens is 711 g/mol. The van der Waals surface area contributed by atoms with Gasteiger partial charge in [-0.2, -0.15) is 0 Å². The smallest absolute Gasteiger partial charge is 0.358 e. The minimum absolute atomic E-state index is 0.0543. The van der Waals surface area contributed by atoms with Crippen LogP contribution in [0.1, 0.15) is 74.8 Å². The third-order valence-electron chi connectivity index (χ3n) is 9.34. The van der Waals surface area contributed by atoms with Crippen molar-refractivity contribution in [3.05, 3.63) is 132 Å². The molecule has 4 aromatic carbocycles. The summed E-state index contributed by atoms with van der Waals surface area (Å²) in [5.74, 6) is 0.480. The Bertz CT molecular complexity index is 2380. The first-order valence-electron chi connectivity index (χ1n) is 18.5. The average molecular weight is 754 g/mol. The van der Waals surface area contributed by atoms with Crippen molar-refractivity contribution in [3.63, 3.8) is 0 Å². The number of esters is 1. The van der Waals surface area contributed by atoms with Crippen molar-refractivity contribution in [2.75, 3.05) is 37.5 Å². The van der Waals surface area contributed by atoms with Crippen molar-refractivity contribution >= 4 is 56.6 Å². The number of methoxy groups -OCH3 is 1. The number of nitrogens with zero attached hydrogens (tertiary/aromatic N) is 2. The van der Waals surface area contributed by atoms with Crippen molar-refractivity contribution in [1.29, 1.82) is 0 Å². The molecule has 2 heterocycles. The third-order valence-corrected chi connectivity index (χ3v) is 9.34. The maximum atomic E-state index is 13.1. The minimum Gasteiger partial charge on any atom is -0.493 e. The molecular formula is C44H43N5O7. The number of aromatic nitrogens is 2. The number of amides is 3. The van der Waals surface area contributed by atoms with Gasteiger partial charge in [-0.15, -0.1) is 0 Å². The monoisotopic (exact) mass is 753 g/mol. The predicted molar refractivity (Wildman–Crippen MR) is 216 cm³/mol. The van der Waals surface area contributed by atoms with E-state index >= 15 is 0 Å². The standard InChI is InChI=1S/C24H25N3O3.C20H18N2O4/c1-2-30-21-13-12-19(17-9-3-4-10-18(17)21)23(28)27-20-11-6-14-25-22(20)24(29)26-15-16-7-5-8-16;1-3-26-17-11-10-15(13-7-4-5-8-14(13)17)19(23)22-16-9-6-12-21-18(16)20(24)25-2/h3-4,6,9-14,16H,2,5,7-8,15H2,1H3,(H,26,29)(H,27,28);4-12H,3H2,1-2H3,(H,22,23). The highest BCUT2D eigenvalue weighted by molar-refractivity contribution is 6.16. The van der Waals surface area contributed by atoms with Crippen LogP contribution in [0, 0.1) is 5.92 Å². The molecule has 0 atom stereocenters. The number of rotatable bonds is 12. The number of carbonyl (C=O) groups excluding carboxylic acids is 4. The first-order valence-corrected chi connectivity index (χ1v) is 18.5. The van der Waals surface area contributed by atoms with E-state index < -0.39 is 5.97 Å². The topological polar surface area (TPSA) is 158 Å². The van der Waals surface area contributed by atoms with E-state index in [0.717, 1.165) is 45.9 Å². The van der Waals surface area contributed by atoms with Gasteiger partial charge in [-0.3, -0.25) is 14.4 Å². The SMILES string of the molecule is CCOc1ccc(C(=O)Nc2cccnc2C(=O)NCC2CCC2)c2ccccc12.CCOc1ccc(C(=O)Nc2cccnc2C(=O)OC)c2ccccc12. The summed E-state index contributed by atoms with van der Waals surface area (Å²) in [5.41, 5.74) is 1.95. The summed E-state index contributed by atoms with van der Waals surface area (Å²) in [6.07, 6.45) is 6.55. The second-order valence-electron chi connectivity index (χ2n) is 12.9. The van der Waals surface area contributed by atoms with E-state index in [2.05, 4.69) is 25.9 Å². The number of hydrogen-bond donors (Lipinski definition) is 3. The fraction of sp³-hybridized carbons (Fsp3) is 0.227. The second-order valence-corrected chi connectivity index (χ2v) is 12.9. The molecule has 12 nitrogen and oxygen atoms in total. The number of carbonyl (C=O) groups is 4. The van der Waals surface area contributed by atoms with Crippen molar-refractivity contribution in [3.8, 4) is 11.5 Å². The lowest BCUT2D eigenvalue weighted by Gasteiger charge is -2.25. The summed E-state index contributed by atoms with van der Waals surface area (Å²) < 4.78 is 16.0. The van der Waals surface area contributed by atoms with E-state index in [1.165, 1.54) is 19.7 Å². The van der Waals surface area contributed by atoms with E-state index in [4.69, 9.17) is 14.2 Å². The Morgan fingerprint density at radius 2 is 1.09 bits per heavy atom. The molecule has 0 saturated heterocycles. The average Bonchev–Trinajstić information content (AvgIpc) is 3.21. The van der Waals surface area contributed by atoms with E-state index in [1.807, 2.05) is 62.4 Å². The lowest BCUT2D eigenvalue weighted by Crippen LogP contribution is -2.33. The van der Waals surface area contributed by atoms with Crippen LogP contribution in [0.15, 0.2) is 109 Å². The van der Waals surface area contributed by atoms with Crippen LogP contribution >= 0.6 is 0 Å². The van der Waals surface area contributed by atoms with Gasteiger partial charge in [0.1, 0.15) is 11.5 Å². The van der Waals surface area contributed by atoms with Gasteiger partial charge in [-0.25, -0.2) is 14.8 Å². The van der Waals surface area contributed by atoms with Crippen molar-refractivity contribution in [1.82, 2.24) is 15.3 Å². The molecule has 7 rings (SSSR count). The van der Waals surface area contributed by atoms with Gasteiger partial charge in [0.05, 0.1) is 31.7 Å². The summed E-state index contributed by atoms with van der Waals surface area (Å²) in [5, 5.41) is 11.8. The lowest BCUT2D eigenvalue weighted by molar-refractivity contribution is 0.0595. The molecule has 2 aromatic heterocycles. The largest absolute Gasteiger partial charge is 0.493 e. The molecule has 0 bridgehead atoms. The van der Waals surface area contributed by atoms with Crippen molar-refractivity contribution in [2.45, 2.75) is 33.1 Å². The summed E-state index contributed by atoms with van der Waals surface area (Å²) in [7, 11) is 1.27. The Kier molecular flexibility index (Phi) is 12.8. The van der Waals surface area contributed by atoms with Gasteiger partial charge in [-0.05, 0) is 91.9 Å². The van der Waals surface area contributed by atoms with Gasteiger partial charge in [0, 0.05) is 40.8 Å². The Hall–Kier alpha value is -6.82. The first kappa shape index (κ1) is 38.9. The Labute approximate surface area is 324 Å². The molecule has 56 heavy (non-hydrogen) atoms. The lowest BCUT2D eigenvalue weighted by atomic mass is 9.85. The fourth-order valence-electron chi connectivity index (χ4n) is 6.35. The minimum atomic E-state index is -0.613. The van der Waals surface area contributed by atoms with Crippen molar-refractivity contribution in [2.24, 2.45) is 5.92 Å². The van der Waals surface area contributed by atoms with Crippen LogP contribution in [0.5, 0.6) is 11.5 Å². The zero-order chi connectivity index (χ0) is 39.4. The molecule has 286 valence electrons. The van der Waals surface area contributed by atoms with Gasteiger partial charge >= 0.3 is 5.97 Å². The maximum absolute atomic E-state index is 13.1. The maximum Gasteiger partial charge on any atom is 0.358 e. The van der Waals surface area contributed by atoms with Crippen LogP contribution in [0.3, 0.4) is 0 Å². The molecule has 0 aliphatic heterocycles. The van der Waals surface area contributed by atoms with Crippen LogP contribution < -0.4 is 25.4 Å². The molecule has 6 aromatic rings. The molecule has 3 amide bonds. The molecule has 1 aliphatic rings. The number of hydrogen-bond acceptors (Lipinski definition) is 9. The van der Waals surface area contributed by atoms with Gasteiger partial charge in [0.15, 0.2) is 11.4 Å². The van der Waals surface area contributed by atoms with Crippen molar-refractivity contribution < 1.29 is 33.4 Å². The number of pyridine rings is 2. The van der Waals surface area contributed by atoms with E-state index in [9.17, 15) is 19.2 Å². The predicted octanol–water partition coefficient (Wildman–Crippen LogP) is 8.09. The van der Waals surface area contributed by atoms with E-state index in [0.29, 0.717) is 48.2 Å². The summed E-state index contributed by atoms with van der Waals surface area (Å²) in [6, 6.07) is 28.8. The number of nitrogens with one attached hydrogen (secondary N) is 3. The van der Waals surface area contributed by atoms with E-state index in [-0.39, 0.29) is 29.1 Å². The number of anilines is 2. The van der Waals surface area contributed by atoms with Gasteiger partial charge < -0.3 is 30.2 Å². The highest BCUT2D eigenvalue weighted by Crippen LogP contribution is 2.31. The second kappa shape index (κ2) is 18.5. The Balaban J connectivity index is 0.000000192. The molecule has 1 fully saturated rings. The highest BCUT2D eigenvalue weighted by atomic mass is 16.5. The van der Waals surface area contributed by atoms with Gasteiger partial charge in [0.25, 0.3) is 17.7 Å². The van der Waals surface area contributed by atoms with Crippen LogP contribution in [-0.2, 0) is 4.74 Å². The summed E-state index contributed by atoms with van der Waals surface area (Å²) in [4.78, 5) is 58.5. The number of fused-ring (bicyclic) bond motifs is 2. The molecule has 0 radical (unpaired) electrons. The zero-order valence-corrected chi connectivity index (χ0v) is 31.5. The van der Waals surface area contributed by atoms with Gasteiger partial charge in [0.2, 0.25) is 0 Å². The number of ether oxygens (including phenoxy) is 3. The quantitative estimate of drug-likeness (QED) is 0.105. The summed E-state index contributed by atoms with van der Waals surface area (Å²) >= 11 is 0. The highest BCUT2D eigenvalue weighted by Gasteiger charge is 2.22. The third kappa shape index (κ3) is 8.92. The zero-order valence-electron chi connectivity index (χ0n) is 31.5. The van der Waals surface area contributed by atoms with Gasteiger partial charge in [-0.1, -0.05) is 55.0 Å². The first-order chi connectivity index (χ1) is 27.3. The van der Waals surface area contributed by atoms with Crippen LogP contribution in [0.2, 0.25) is 0 Å². The van der Waals surface area contributed by atoms with Crippen LogP contribution in [0.4, 0.5) is 11.4 Å². The van der Waals surface area contributed by atoms with E-state index in [1.54, 1.807) is 54.7 Å². The van der Waals surface area contributed by atoms with Crippen LogP contribution in [0.25, 0.3) is 21.5 Å². The molecule has 12 heteroatoms. The molecule has 3 N–H and O–H groups in total. The molecule has 1 aliphatic carbocycles. The molecule has 0 spiro atoms. The Morgan fingerprint density at radius 1 is 0.607 bits per heavy atom. The Morgan fingerprint density at radius 3 is 1.55 bits per heavy atom. The summed E-state index contributed by atoms with van der Waals surface area (Å²) in [6.45, 7) is 5.56.